The fourth-order valence-electron chi connectivity index (χ4n) is 5.19. The molecule has 2 aliphatic rings. The number of anilines is 2. The summed E-state index contributed by atoms with van der Waals surface area (Å²) >= 11 is 0. The van der Waals surface area contributed by atoms with Crippen molar-refractivity contribution < 1.29 is 26.5 Å². The Labute approximate surface area is 238 Å². The van der Waals surface area contributed by atoms with Crippen molar-refractivity contribution >= 4 is 22.5 Å². The maximum Gasteiger partial charge on any atom is 0.416 e. The second-order valence-corrected chi connectivity index (χ2v) is 10.2. The zero-order valence-electron chi connectivity index (χ0n) is 22.4. The van der Waals surface area contributed by atoms with Gasteiger partial charge in [0.05, 0.1) is 29.9 Å². The third-order valence-electron chi connectivity index (χ3n) is 7.40. The van der Waals surface area contributed by atoms with Gasteiger partial charge in [-0.15, -0.1) is 0 Å². The Hall–Kier alpha value is -4.51. The lowest BCUT2D eigenvalue weighted by Crippen LogP contribution is -2.44. The summed E-state index contributed by atoms with van der Waals surface area (Å²) < 4.78 is 75.5. The molecule has 0 unspecified atom stereocenters. The van der Waals surface area contributed by atoms with E-state index in [1.165, 1.54) is 6.07 Å². The number of nitrogens with one attached hydrogen (secondary N) is 1. The lowest BCUT2D eigenvalue weighted by molar-refractivity contribution is -0.137. The van der Waals surface area contributed by atoms with Gasteiger partial charge in [-0.05, 0) is 35.4 Å². The molecule has 216 valence electrons. The minimum Gasteiger partial charge on any atom is -0.367 e. The van der Waals surface area contributed by atoms with Crippen LogP contribution in [0.1, 0.15) is 34.0 Å². The quantitative estimate of drug-likeness (QED) is 0.266. The Kier molecular flexibility index (Phi) is 7.28. The van der Waals surface area contributed by atoms with Crippen LogP contribution in [0.15, 0.2) is 78.0 Å². The molecule has 1 aromatic heterocycles. The van der Waals surface area contributed by atoms with E-state index in [1.807, 2.05) is 35.2 Å². The van der Waals surface area contributed by atoms with Gasteiger partial charge in [0.1, 0.15) is 11.6 Å². The van der Waals surface area contributed by atoms with E-state index >= 15 is 4.39 Å². The van der Waals surface area contributed by atoms with Crippen molar-refractivity contribution in [1.29, 1.82) is 0 Å². The predicted octanol–water partition coefficient (Wildman–Crippen LogP) is 6.44. The molecule has 1 fully saturated rings. The fraction of sp³-hybridized carbons (Fsp3) is 0.226. The Morgan fingerprint density at radius 1 is 0.929 bits per heavy atom. The first-order valence-electron chi connectivity index (χ1n) is 13.4. The zero-order chi connectivity index (χ0) is 29.4. The number of alkyl halides is 3. The van der Waals surface area contributed by atoms with Gasteiger partial charge in [-0.2, -0.15) is 18.2 Å². The molecule has 6 nitrogen and oxygen atoms in total. The number of nitrogens with zero attached hydrogens (tertiary/aromatic N) is 4. The van der Waals surface area contributed by atoms with Crippen LogP contribution in [0, 0.1) is 11.6 Å². The minimum absolute atomic E-state index is 0.0305. The van der Waals surface area contributed by atoms with Gasteiger partial charge in [-0.1, -0.05) is 48.1 Å². The summed E-state index contributed by atoms with van der Waals surface area (Å²) in [5.41, 5.74) is 2.13. The second kappa shape index (κ2) is 11.1. The molecule has 3 heterocycles. The highest BCUT2D eigenvalue weighted by Crippen LogP contribution is 2.43. The van der Waals surface area contributed by atoms with Crippen LogP contribution >= 0.6 is 0 Å². The van der Waals surface area contributed by atoms with Gasteiger partial charge in [0.25, 0.3) is 0 Å². The van der Waals surface area contributed by atoms with Crippen molar-refractivity contribution in [2.75, 3.05) is 36.0 Å². The molecular formula is C31H26F5N5O. The second-order valence-electron chi connectivity index (χ2n) is 10.2. The van der Waals surface area contributed by atoms with Crippen LogP contribution < -0.4 is 15.1 Å². The highest BCUT2D eigenvalue weighted by molar-refractivity contribution is 6.08. The summed E-state index contributed by atoms with van der Waals surface area (Å²) in [6.45, 7) is 6.63. The summed E-state index contributed by atoms with van der Waals surface area (Å²) in [4.78, 5) is 8.09. The molecule has 2 aliphatic heterocycles. The summed E-state index contributed by atoms with van der Waals surface area (Å²) in [5.74, 6) is -0.881. The molecule has 0 atom stereocenters. The molecule has 0 aliphatic carbocycles. The zero-order valence-corrected chi connectivity index (χ0v) is 22.4. The molecule has 1 saturated heterocycles. The number of rotatable bonds is 6. The van der Waals surface area contributed by atoms with Crippen LogP contribution in [0.3, 0.4) is 0 Å². The largest absolute Gasteiger partial charge is 0.416 e. The first kappa shape index (κ1) is 27.6. The SMILES string of the molecule is C=C1C(c2noc(Cc3ccccc3)n2)=CN(Cc2ccc(C(F)(F)F)cc2F)c2cc(N3CCNCC3)c(F)cc21. The van der Waals surface area contributed by atoms with Gasteiger partial charge < -0.3 is 19.6 Å². The molecule has 6 rings (SSSR count). The first-order valence-corrected chi connectivity index (χ1v) is 13.4. The number of hydrogen-bond acceptors (Lipinski definition) is 6. The standard InChI is InChI=1S/C31H26F5N5O/c1-19-23-15-26(33)28(40-11-9-37-10-12-40)16-27(23)41(17-21-7-8-22(14-25(21)32)31(34,35)36)18-24(19)30-38-29(42-39-30)13-20-5-3-2-4-6-20/h2-8,14-16,18,37H,1,9-13,17H2. The van der Waals surface area contributed by atoms with Gasteiger partial charge >= 0.3 is 6.18 Å². The molecule has 42 heavy (non-hydrogen) atoms. The summed E-state index contributed by atoms with van der Waals surface area (Å²) in [5, 5.41) is 7.36. The lowest BCUT2D eigenvalue weighted by atomic mass is 9.92. The first-order chi connectivity index (χ1) is 20.2. The molecular weight excluding hydrogens is 553 g/mol. The molecule has 0 saturated carbocycles. The number of halogens is 5. The van der Waals surface area contributed by atoms with Crippen LogP contribution in [-0.4, -0.2) is 36.3 Å². The normalized spacial score (nSPS) is 15.5. The number of allylic oxidation sites excluding steroid dienone is 2. The molecule has 1 N–H and O–H groups in total. The van der Waals surface area contributed by atoms with E-state index in [2.05, 4.69) is 22.0 Å². The van der Waals surface area contributed by atoms with Gasteiger partial charge in [0.15, 0.2) is 0 Å². The van der Waals surface area contributed by atoms with Crippen molar-refractivity contribution in [3.63, 3.8) is 0 Å². The smallest absolute Gasteiger partial charge is 0.367 e. The maximum absolute atomic E-state index is 15.5. The van der Waals surface area contributed by atoms with Crippen LogP contribution in [-0.2, 0) is 19.1 Å². The van der Waals surface area contributed by atoms with Crippen LogP contribution in [0.5, 0.6) is 0 Å². The molecule has 0 amide bonds. The summed E-state index contributed by atoms with van der Waals surface area (Å²) in [6, 6.07) is 15.0. The van der Waals surface area contributed by atoms with E-state index in [9.17, 15) is 17.6 Å². The molecule has 11 heteroatoms. The molecule has 3 aromatic carbocycles. The van der Waals surface area contributed by atoms with E-state index < -0.39 is 23.4 Å². The molecule has 0 radical (unpaired) electrons. The predicted molar refractivity (Wildman–Crippen MR) is 150 cm³/mol. The average Bonchev–Trinajstić information content (AvgIpc) is 3.44. The topological polar surface area (TPSA) is 57.4 Å². The number of fused-ring (bicyclic) bond motifs is 1. The Bertz CT molecular complexity index is 1660. The van der Waals surface area contributed by atoms with E-state index in [1.54, 1.807) is 17.2 Å². The summed E-state index contributed by atoms with van der Waals surface area (Å²) in [7, 11) is 0. The van der Waals surface area contributed by atoms with Gasteiger partial charge in [0, 0.05) is 49.1 Å². The monoisotopic (exact) mass is 579 g/mol. The van der Waals surface area contributed by atoms with Crippen molar-refractivity contribution in [2.24, 2.45) is 0 Å². The van der Waals surface area contributed by atoms with E-state index in [0.29, 0.717) is 72.6 Å². The van der Waals surface area contributed by atoms with E-state index in [0.717, 1.165) is 17.7 Å². The van der Waals surface area contributed by atoms with Crippen molar-refractivity contribution in [3.8, 4) is 0 Å². The summed E-state index contributed by atoms with van der Waals surface area (Å²) in [6.07, 6.45) is -2.63. The van der Waals surface area contributed by atoms with Gasteiger partial charge in [0.2, 0.25) is 11.7 Å². The highest BCUT2D eigenvalue weighted by atomic mass is 19.4. The number of benzene rings is 3. The maximum atomic E-state index is 15.5. The molecule has 0 bridgehead atoms. The average molecular weight is 580 g/mol. The van der Waals surface area contributed by atoms with Gasteiger partial charge in [-0.25, -0.2) is 8.78 Å². The Morgan fingerprint density at radius 2 is 1.69 bits per heavy atom. The van der Waals surface area contributed by atoms with E-state index in [-0.39, 0.29) is 17.9 Å². The Balaban J connectivity index is 1.40. The molecule has 0 spiro atoms. The number of aromatic nitrogens is 2. The van der Waals surface area contributed by atoms with E-state index in [4.69, 9.17) is 4.52 Å². The number of piperazine rings is 1. The highest BCUT2D eigenvalue weighted by Gasteiger charge is 2.32. The Morgan fingerprint density at radius 3 is 2.40 bits per heavy atom. The lowest BCUT2D eigenvalue weighted by Gasteiger charge is -2.34. The van der Waals surface area contributed by atoms with Crippen LogP contribution in [0.2, 0.25) is 0 Å². The number of hydrogen-bond donors (Lipinski definition) is 1. The van der Waals surface area contributed by atoms with Crippen LogP contribution in [0.4, 0.5) is 33.3 Å². The van der Waals surface area contributed by atoms with Gasteiger partial charge in [-0.3, -0.25) is 0 Å². The van der Waals surface area contributed by atoms with Crippen molar-refractivity contribution in [1.82, 2.24) is 15.5 Å². The molecule has 4 aromatic rings. The van der Waals surface area contributed by atoms with Crippen molar-refractivity contribution in [3.05, 3.63) is 119 Å². The third-order valence-corrected chi connectivity index (χ3v) is 7.40. The minimum atomic E-state index is -4.67. The third kappa shape index (κ3) is 5.52. The van der Waals surface area contributed by atoms with Crippen LogP contribution in [0.25, 0.3) is 11.1 Å². The fourth-order valence-corrected chi connectivity index (χ4v) is 5.19. The van der Waals surface area contributed by atoms with Crippen molar-refractivity contribution in [2.45, 2.75) is 19.1 Å².